The van der Waals surface area contributed by atoms with Gasteiger partial charge in [0, 0.05) is 6.42 Å². The summed E-state index contributed by atoms with van der Waals surface area (Å²) in [5.74, 6) is 0.289. The van der Waals surface area contributed by atoms with Crippen LogP contribution in [-0.2, 0) is 6.42 Å². The van der Waals surface area contributed by atoms with Crippen molar-refractivity contribution in [1.29, 1.82) is 0 Å². The first kappa shape index (κ1) is 7.67. The lowest BCUT2D eigenvalue weighted by Gasteiger charge is -1.96. The Balaban J connectivity index is 2.89. The quantitative estimate of drug-likeness (QED) is 0.496. The van der Waals surface area contributed by atoms with Gasteiger partial charge >= 0.3 is 12.0 Å². The summed E-state index contributed by atoms with van der Waals surface area (Å²) in [6, 6.07) is -0.970. The highest BCUT2D eigenvalue weighted by molar-refractivity contribution is 5.02. The van der Waals surface area contributed by atoms with E-state index in [-0.39, 0.29) is 5.82 Å². The van der Waals surface area contributed by atoms with Crippen molar-refractivity contribution in [3.8, 4) is 12.0 Å². The number of aromatic nitrogens is 3. The third-order valence-electron chi connectivity index (χ3n) is 1.03. The maximum atomic E-state index is 8.76. The van der Waals surface area contributed by atoms with Gasteiger partial charge in [-0.3, -0.25) is 0 Å². The van der Waals surface area contributed by atoms with Crippen LogP contribution in [0.1, 0.15) is 5.82 Å². The first-order chi connectivity index (χ1) is 5.22. The molecule has 0 atom stereocenters. The van der Waals surface area contributed by atoms with Gasteiger partial charge in [0.1, 0.15) is 5.82 Å². The van der Waals surface area contributed by atoms with E-state index in [9.17, 15) is 0 Å². The fraction of sp³-hybridized carbons (Fsp3) is 0.400. The van der Waals surface area contributed by atoms with Crippen molar-refractivity contribution >= 4 is 0 Å². The molecule has 0 aliphatic heterocycles. The van der Waals surface area contributed by atoms with Crippen LogP contribution in [0.25, 0.3) is 0 Å². The molecule has 6 heteroatoms. The molecule has 1 heterocycles. The van der Waals surface area contributed by atoms with Crippen LogP contribution in [0.15, 0.2) is 0 Å². The zero-order valence-electron chi connectivity index (χ0n) is 5.73. The number of nitrogens with zero attached hydrogens (tertiary/aromatic N) is 3. The first-order valence-corrected chi connectivity index (χ1v) is 3.05. The predicted octanol–water partition coefficient (Wildman–Crippen LogP) is -1.22. The van der Waals surface area contributed by atoms with Crippen LogP contribution >= 0.6 is 0 Å². The van der Waals surface area contributed by atoms with Crippen LogP contribution in [-0.4, -0.2) is 31.7 Å². The smallest absolute Gasteiger partial charge is 0.320 e. The van der Waals surface area contributed by atoms with Crippen LogP contribution in [0.3, 0.4) is 0 Å². The molecule has 0 radical (unpaired) electrons. The molecular formula is C5H8N4O2. The molecule has 60 valence electrons. The molecule has 0 amide bonds. The Labute approximate surface area is 62.7 Å². The van der Waals surface area contributed by atoms with Crippen LogP contribution in [0.4, 0.5) is 0 Å². The highest BCUT2D eigenvalue weighted by Gasteiger charge is 2.01. The van der Waals surface area contributed by atoms with E-state index in [1.54, 1.807) is 0 Å². The number of nitrogens with two attached hydrogens (primary N) is 1. The van der Waals surface area contributed by atoms with Gasteiger partial charge in [-0.15, -0.1) is 4.98 Å². The Bertz CT molecular complexity index is 232. The van der Waals surface area contributed by atoms with E-state index < -0.39 is 12.0 Å². The van der Waals surface area contributed by atoms with Gasteiger partial charge in [0.15, 0.2) is 0 Å². The number of hydrogen-bond acceptors (Lipinski definition) is 6. The zero-order valence-corrected chi connectivity index (χ0v) is 5.73. The molecule has 0 fully saturated rings. The van der Waals surface area contributed by atoms with E-state index in [1.165, 1.54) is 0 Å². The largest absolute Gasteiger partial charge is 0.479 e. The summed E-state index contributed by atoms with van der Waals surface area (Å²) in [5.41, 5.74) is 5.20. The predicted molar refractivity (Wildman–Crippen MR) is 35.9 cm³/mol. The van der Waals surface area contributed by atoms with E-state index >= 15 is 0 Å². The molecule has 0 unspecified atom stereocenters. The lowest BCUT2D eigenvalue weighted by molar-refractivity contribution is 0.377. The van der Waals surface area contributed by atoms with Crippen molar-refractivity contribution in [2.75, 3.05) is 6.54 Å². The minimum absolute atomic E-state index is 0.289. The average Bonchev–Trinajstić information content (AvgIpc) is 1.85. The van der Waals surface area contributed by atoms with Gasteiger partial charge in [0.05, 0.1) is 0 Å². The third kappa shape index (κ3) is 2.01. The van der Waals surface area contributed by atoms with Crippen LogP contribution < -0.4 is 5.73 Å². The van der Waals surface area contributed by atoms with Crippen molar-refractivity contribution < 1.29 is 10.2 Å². The van der Waals surface area contributed by atoms with Gasteiger partial charge in [-0.05, 0) is 6.54 Å². The maximum absolute atomic E-state index is 8.76. The van der Waals surface area contributed by atoms with Crippen LogP contribution in [0, 0.1) is 0 Å². The molecule has 0 saturated carbocycles. The highest BCUT2D eigenvalue weighted by Crippen LogP contribution is 2.05. The summed E-state index contributed by atoms with van der Waals surface area (Å²) in [6.07, 6.45) is 0.406. The molecule has 1 rings (SSSR count). The van der Waals surface area contributed by atoms with E-state index in [0.29, 0.717) is 13.0 Å². The summed E-state index contributed by atoms with van der Waals surface area (Å²) in [4.78, 5) is 10.2. The fourth-order valence-corrected chi connectivity index (χ4v) is 0.636. The summed E-state index contributed by atoms with van der Waals surface area (Å²) < 4.78 is 0. The molecule has 1 aromatic heterocycles. The third-order valence-corrected chi connectivity index (χ3v) is 1.03. The van der Waals surface area contributed by atoms with Gasteiger partial charge in [-0.2, -0.15) is 9.97 Å². The van der Waals surface area contributed by atoms with Crippen LogP contribution in [0.2, 0.25) is 0 Å². The molecule has 1 aromatic rings. The van der Waals surface area contributed by atoms with Gasteiger partial charge in [0.25, 0.3) is 0 Å². The van der Waals surface area contributed by atoms with Crippen molar-refractivity contribution in [2.24, 2.45) is 5.73 Å². The van der Waals surface area contributed by atoms with E-state index in [4.69, 9.17) is 15.9 Å². The standard InChI is InChI=1S/C5H8N4O2/c6-2-1-3-7-4(10)9-5(11)8-3/h1-2,6H2,(H2,7,8,9,10,11). The summed E-state index contributed by atoms with van der Waals surface area (Å²) >= 11 is 0. The number of rotatable bonds is 2. The van der Waals surface area contributed by atoms with Gasteiger partial charge < -0.3 is 15.9 Å². The van der Waals surface area contributed by atoms with Gasteiger partial charge in [-0.25, -0.2) is 0 Å². The number of hydrogen-bond donors (Lipinski definition) is 3. The van der Waals surface area contributed by atoms with Gasteiger partial charge in [-0.1, -0.05) is 0 Å². The summed E-state index contributed by atoms with van der Waals surface area (Å²) in [5, 5.41) is 17.5. The average molecular weight is 156 g/mol. The molecule has 0 spiro atoms. The second-order valence-corrected chi connectivity index (χ2v) is 1.89. The molecule has 0 aliphatic carbocycles. The minimum atomic E-state index is -0.485. The molecule has 0 bridgehead atoms. The normalized spacial score (nSPS) is 9.91. The Hall–Kier alpha value is -1.43. The molecule has 0 aromatic carbocycles. The fourth-order valence-electron chi connectivity index (χ4n) is 0.636. The highest BCUT2D eigenvalue weighted by atomic mass is 16.3. The molecular weight excluding hydrogens is 148 g/mol. The Morgan fingerprint density at radius 1 is 1.09 bits per heavy atom. The summed E-state index contributed by atoms with van der Waals surface area (Å²) in [7, 11) is 0. The zero-order chi connectivity index (χ0) is 8.27. The first-order valence-electron chi connectivity index (χ1n) is 3.05. The number of aromatic hydroxyl groups is 2. The second kappa shape index (κ2) is 3.11. The van der Waals surface area contributed by atoms with Crippen molar-refractivity contribution in [2.45, 2.75) is 6.42 Å². The summed E-state index contributed by atoms with van der Waals surface area (Å²) in [6.45, 7) is 0.364. The lowest BCUT2D eigenvalue weighted by Crippen LogP contribution is -2.06. The van der Waals surface area contributed by atoms with Crippen molar-refractivity contribution in [3.63, 3.8) is 0 Å². The maximum Gasteiger partial charge on any atom is 0.320 e. The monoisotopic (exact) mass is 156 g/mol. The van der Waals surface area contributed by atoms with Crippen LogP contribution in [0.5, 0.6) is 12.0 Å². The topological polar surface area (TPSA) is 105 Å². The van der Waals surface area contributed by atoms with E-state index in [2.05, 4.69) is 15.0 Å². The molecule has 6 nitrogen and oxygen atoms in total. The minimum Gasteiger partial charge on any atom is -0.479 e. The second-order valence-electron chi connectivity index (χ2n) is 1.89. The van der Waals surface area contributed by atoms with E-state index in [0.717, 1.165) is 0 Å². The lowest BCUT2D eigenvalue weighted by atomic mass is 10.4. The molecule has 4 N–H and O–H groups in total. The Morgan fingerprint density at radius 2 is 1.64 bits per heavy atom. The van der Waals surface area contributed by atoms with Crippen molar-refractivity contribution in [3.05, 3.63) is 5.82 Å². The molecule has 0 aliphatic rings. The SMILES string of the molecule is NCCc1nc(O)nc(O)n1. The Morgan fingerprint density at radius 3 is 2.09 bits per heavy atom. The van der Waals surface area contributed by atoms with Crippen molar-refractivity contribution in [1.82, 2.24) is 15.0 Å². The Kier molecular flexibility index (Phi) is 2.17. The van der Waals surface area contributed by atoms with Gasteiger partial charge in [0.2, 0.25) is 0 Å². The molecule has 0 saturated heterocycles. The van der Waals surface area contributed by atoms with E-state index in [1.807, 2.05) is 0 Å². The molecule has 11 heavy (non-hydrogen) atoms.